The maximum absolute atomic E-state index is 14.2. The average molecular weight is 555 g/mol. The fraction of sp³-hybridized carbons (Fsp3) is 0.312. The third kappa shape index (κ3) is 5.09. The summed E-state index contributed by atoms with van der Waals surface area (Å²) >= 11 is 0. The minimum Gasteiger partial charge on any atom is -0.496 e. The lowest BCUT2D eigenvalue weighted by Gasteiger charge is -2.31. The Morgan fingerprint density at radius 2 is 1.78 bits per heavy atom. The number of methoxy groups -OCH3 is 2. The molecule has 5 aromatic rings. The van der Waals surface area contributed by atoms with Crippen molar-refractivity contribution >= 4 is 33.5 Å². The molecule has 2 aromatic carbocycles. The standard InChI is InChI=1S/C32H34N4O5/c1-20-21(2)33-27-8-7-22(16-25(20)27)32(37)36(19-24-6-5-13-41-24)18-23-17-26-28(38-3)9-10-29(39-4)30(26)34-31(23)35-11-14-40-15-12-35/h5-10,13,16-17,33H,11-12,14-15,18-19H2,1-4H3. The zero-order chi connectivity index (χ0) is 28.5. The summed E-state index contributed by atoms with van der Waals surface area (Å²) < 4.78 is 22.7. The number of nitrogens with zero attached hydrogens (tertiary/aromatic N) is 3. The van der Waals surface area contributed by atoms with Crippen molar-refractivity contribution in [3.63, 3.8) is 0 Å². The van der Waals surface area contributed by atoms with Gasteiger partial charge >= 0.3 is 0 Å². The fourth-order valence-corrected chi connectivity index (χ4v) is 5.52. The van der Waals surface area contributed by atoms with Crippen LogP contribution in [0, 0.1) is 13.8 Å². The number of furan rings is 1. The monoisotopic (exact) mass is 554 g/mol. The van der Waals surface area contributed by atoms with Crippen molar-refractivity contribution in [2.24, 2.45) is 0 Å². The van der Waals surface area contributed by atoms with Gasteiger partial charge in [-0.2, -0.15) is 0 Å². The van der Waals surface area contributed by atoms with Crippen LogP contribution in [-0.2, 0) is 17.8 Å². The fourth-order valence-electron chi connectivity index (χ4n) is 5.52. The Labute approximate surface area is 238 Å². The van der Waals surface area contributed by atoms with Crippen molar-refractivity contribution in [2.75, 3.05) is 45.4 Å². The van der Waals surface area contributed by atoms with E-state index < -0.39 is 0 Å². The zero-order valence-electron chi connectivity index (χ0n) is 23.8. The largest absolute Gasteiger partial charge is 0.496 e. The molecule has 4 heterocycles. The SMILES string of the molecule is COc1ccc(OC)c2nc(N3CCOCC3)c(CN(Cc3ccco3)C(=O)c3ccc4[nH]c(C)c(C)c4c3)cc12. The van der Waals surface area contributed by atoms with Crippen LogP contribution < -0.4 is 14.4 Å². The molecule has 6 rings (SSSR count). The number of fused-ring (bicyclic) bond motifs is 2. The number of aryl methyl sites for hydroxylation is 2. The van der Waals surface area contributed by atoms with Crippen molar-refractivity contribution in [1.29, 1.82) is 0 Å². The summed E-state index contributed by atoms with van der Waals surface area (Å²) in [5.74, 6) is 2.77. The number of rotatable bonds is 8. The lowest BCUT2D eigenvalue weighted by atomic mass is 10.1. The normalized spacial score (nSPS) is 13.6. The molecule has 0 atom stereocenters. The van der Waals surface area contributed by atoms with Crippen LogP contribution in [0.1, 0.15) is 32.9 Å². The van der Waals surface area contributed by atoms with Gasteiger partial charge in [-0.05, 0) is 67.9 Å². The lowest BCUT2D eigenvalue weighted by molar-refractivity contribution is 0.0717. The molecule has 41 heavy (non-hydrogen) atoms. The van der Waals surface area contributed by atoms with Gasteiger partial charge in [0.15, 0.2) is 0 Å². The lowest BCUT2D eigenvalue weighted by Crippen LogP contribution is -2.38. The molecule has 0 saturated carbocycles. The maximum atomic E-state index is 14.2. The molecule has 1 aliphatic heterocycles. The zero-order valence-corrected chi connectivity index (χ0v) is 23.8. The Morgan fingerprint density at radius 3 is 2.51 bits per heavy atom. The number of nitrogens with one attached hydrogen (secondary N) is 1. The number of aromatic amines is 1. The Kier molecular flexibility index (Phi) is 7.28. The highest BCUT2D eigenvalue weighted by Crippen LogP contribution is 2.36. The molecule has 3 aromatic heterocycles. The number of benzene rings is 2. The van der Waals surface area contributed by atoms with Gasteiger partial charge in [-0.15, -0.1) is 0 Å². The number of pyridine rings is 1. The minimum absolute atomic E-state index is 0.0906. The second-order valence-electron chi connectivity index (χ2n) is 10.3. The van der Waals surface area contributed by atoms with E-state index in [4.69, 9.17) is 23.6 Å². The molecule has 9 nitrogen and oxygen atoms in total. The number of carbonyl (C=O) groups excluding carboxylic acids is 1. The van der Waals surface area contributed by atoms with Gasteiger partial charge in [-0.1, -0.05) is 0 Å². The van der Waals surface area contributed by atoms with E-state index in [-0.39, 0.29) is 5.91 Å². The van der Waals surface area contributed by atoms with Crippen LogP contribution in [0.4, 0.5) is 5.82 Å². The summed E-state index contributed by atoms with van der Waals surface area (Å²) in [7, 11) is 3.28. The summed E-state index contributed by atoms with van der Waals surface area (Å²) in [6.07, 6.45) is 1.63. The Hall–Kier alpha value is -4.50. The number of carbonyl (C=O) groups is 1. The van der Waals surface area contributed by atoms with Gasteiger partial charge in [0, 0.05) is 46.2 Å². The van der Waals surface area contributed by atoms with Gasteiger partial charge in [0.05, 0.1) is 46.8 Å². The first-order valence-electron chi connectivity index (χ1n) is 13.7. The van der Waals surface area contributed by atoms with Gasteiger partial charge in [-0.25, -0.2) is 4.98 Å². The highest BCUT2D eigenvalue weighted by Gasteiger charge is 2.25. The average Bonchev–Trinajstić information content (AvgIpc) is 3.62. The first-order valence-corrected chi connectivity index (χ1v) is 13.7. The van der Waals surface area contributed by atoms with Crippen LogP contribution in [0.15, 0.2) is 59.2 Å². The Balaban J connectivity index is 1.46. The number of hydrogen-bond acceptors (Lipinski definition) is 7. The third-order valence-corrected chi connectivity index (χ3v) is 7.84. The van der Waals surface area contributed by atoms with Crippen molar-refractivity contribution in [2.45, 2.75) is 26.9 Å². The number of hydrogen-bond donors (Lipinski definition) is 1. The molecule has 0 radical (unpaired) electrons. The molecule has 1 aliphatic rings. The van der Waals surface area contributed by atoms with E-state index in [0.717, 1.165) is 38.9 Å². The molecule has 1 amide bonds. The van der Waals surface area contributed by atoms with Crippen molar-refractivity contribution in [3.8, 4) is 11.5 Å². The second-order valence-corrected chi connectivity index (χ2v) is 10.3. The molecule has 1 fully saturated rings. The molecule has 0 spiro atoms. The maximum Gasteiger partial charge on any atom is 0.254 e. The van der Waals surface area contributed by atoms with Gasteiger partial charge in [-0.3, -0.25) is 4.79 Å². The van der Waals surface area contributed by atoms with Crippen LogP contribution in [0.3, 0.4) is 0 Å². The highest BCUT2D eigenvalue weighted by molar-refractivity contribution is 5.99. The quantitative estimate of drug-likeness (QED) is 0.266. The molecule has 1 saturated heterocycles. The summed E-state index contributed by atoms with van der Waals surface area (Å²) in [5.41, 5.74) is 5.49. The van der Waals surface area contributed by atoms with Crippen LogP contribution >= 0.6 is 0 Å². The van der Waals surface area contributed by atoms with Crippen molar-refractivity contribution in [3.05, 3.63) is 82.9 Å². The first kappa shape index (κ1) is 26.7. The number of anilines is 1. The van der Waals surface area contributed by atoms with Gasteiger partial charge in [0.1, 0.15) is 28.6 Å². The van der Waals surface area contributed by atoms with Gasteiger partial charge < -0.3 is 33.4 Å². The molecule has 0 bridgehead atoms. The van der Waals surface area contributed by atoms with Gasteiger partial charge in [0.2, 0.25) is 0 Å². The summed E-state index contributed by atoms with van der Waals surface area (Å²) in [6, 6.07) is 15.4. The van der Waals surface area contributed by atoms with E-state index in [1.54, 1.807) is 20.5 Å². The third-order valence-electron chi connectivity index (χ3n) is 7.84. The minimum atomic E-state index is -0.0906. The summed E-state index contributed by atoms with van der Waals surface area (Å²) in [6.45, 7) is 7.37. The number of amides is 1. The Morgan fingerprint density at radius 1 is 1.00 bits per heavy atom. The van der Waals surface area contributed by atoms with E-state index in [9.17, 15) is 4.79 Å². The molecular formula is C32H34N4O5. The number of morpholine rings is 1. The van der Waals surface area contributed by atoms with Crippen LogP contribution in [0.2, 0.25) is 0 Å². The van der Waals surface area contributed by atoms with E-state index in [1.165, 1.54) is 0 Å². The molecular weight excluding hydrogens is 520 g/mol. The van der Waals surface area contributed by atoms with E-state index in [1.807, 2.05) is 54.3 Å². The number of ether oxygens (including phenoxy) is 3. The molecule has 9 heteroatoms. The van der Waals surface area contributed by atoms with Crippen molar-refractivity contribution in [1.82, 2.24) is 14.9 Å². The van der Waals surface area contributed by atoms with E-state index in [2.05, 4.69) is 22.9 Å². The first-order chi connectivity index (χ1) is 20.0. The predicted octanol–water partition coefficient (Wildman–Crippen LogP) is 5.62. The van der Waals surface area contributed by atoms with Crippen LogP contribution in [0.25, 0.3) is 21.8 Å². The topological polar surface area (TPSA) is 93.1 Å². The number of H-pyrrole nitrogens is 1. The molecule has 0 aliphatic carbocycles. The highest BCUT2D eigenvalue weighted by atomic mass is 16.5. The summed E-state index contributed by atoms with van der Waals surface area (Å²) in [5, 5.41) is 1.87. The smallest absolute Gasteiger partial charge is 0.254 e. The van der Waals surface area contributed by atoms with Gasteiger partial charge in [0.25, 0.3) is 5.91 Å². The molecule has 1 N–H and O–H groups in total. The van der Waals surface area contributed by atoms with E-state index >= 15 is 0 Å². The predicted molar refractivity (Wildman–Crippen MR) is 158 cm³/mol. The van der Waals surface area contributed by atoms with Crippen molar-refractivity contribution < 1.29 is 23.4 Å². The second kappa shape index (κ2) is 11.2. The number of aromatic nitrogens is 2. The Bertz CT molecular complexity index is 1700. The molecule has 0 unspecified atom stereocenters. The molecule has 212 valence electrons. The van der Waals surface area contributed by atoms with E-state index in [0.29, 0.717) is 67.7 Å². The van der Waals surface area contributed by atoms with Crippen LogP contribution in [0.5, 0.6) is 11.5 Å². The summed E-state index contributed by atoms with van der Waals surface area (Å²) in [4.78, 5) is 26.7. The van der Waals surface area contributed by atoms with Crippen LogP contribution in [-0.4, -0.2) is 61.3 Å².